The first kappa shape index (κ1) is 21.2. The molecule has 156 valence electrons. The fourth-order valence-corrected chi connectivity index (χ4v) is 3.36. The predicted octanol–water partition coefficient (Wildman–Crippen LogP) is 4.81. The Morgan fingerprint density at radius 3 is 2.76 bits per heavy atom. The van der Waals surface area contributed by atoms with Crippen LogP contribution in [0.15, 0.2) is 30.1 Å². The van der Waals surface area contributed by atoms with Gasteiger partial charge in [-0.15, -0.1) is 0 Å². The maximum absolute atomic E-state index is 13.5. The van der Waals surface area contributed by atoms with E-state index in [9.17, 15) is 18.0 Å². The predicted molar refractivity (Wildman–Crippen MR) is 102 cm³/mol. The van der Waals surface area contributed by atoms with Crippen LogP contribution in [0.2, 0.25) is 5.02 Å². The second-order valence-electron chi connectivity index (χ2n) is 6.56. The third kappa shape index (κ3) is 4.58. The maximum Gasteiger partial charge on any atom is 0.430 e. The molecule has 5 nitrogen and oxygen atoms in total. The molecule has 0 N–H and O–H groups in total. The number of rotatable bonds is 6. The normalized spacial score (nSPS) is 16.1. The molecule has 0 aliphatic carbocycles. The Morgan fingerprint density at radius 1 is 1.34 bits per heavy atom. The second-order valence-corrected chi connectivity index (χ2v) is 6.97. The molecule has 1 aliphatic heterocycles. The molecule has 1 aromatic carbocycles. The molecular formula is C20H20ClF3N2O3. The van der Waals surface area contributed by atoms with Crippen molar-refractivity contribution in [3.05, 3.63) is 52.1 Å². The van der Waals surface area contributed by atoms with Crippen LogP contribution in [0.4, 0.5) is 13.2 Å². The largest absolute Gasteiger partial charge is 0.475 e. The number of imidazole rings is 1. The van der Waals surface area contributed by atoms with Crippen LogP contribution in [0, 0.1) is 0 Å². The van der Waals surface area contributed by atoms with Crippen molar-refractivity contribution in [3.8, 4) is 5.75 Å². The lowest BCUT2D eigenvalue weighted by Gasteiger charge is -2.28. The Bertz CT molecular complexity index is 938. The Kier molecular flexibility index (Phi) is 6.21. The lowest BCUT2D eigenvalue weighted by atomic mass is 9.99. The number of ether oxygens (including phenoxy) is 2. The van der Waals surface area contributed by atoms with Gasteiger partial charge in [-0.3, -0.25) is 0 Å². The molecule has 0 amide bonds. The molecule has 0 radical (unpaired) electrons. The molecule has 0 saturated heterocycles. The van der Waals surface area contributed by atoms with Crippen LogP contribution in [0.3, 0.4) is 0 Å². The highest BCUT2D eigenvalue weighted by atomic mass is 35.5. The molecule has 2 aromatic rings. The minimum atomic E-state index is -4.77. The molecule has 3 rings (SSSR count). The number of alkyl halides is 3. The molecule has 1 unspecified atom stereocenters. The summed E-state index contributed by atoms with van der Waals surface area (Å²) in [6.45, 7) is 3.85. The van der Waals surface area contributed by atoms with Crippen LogP contribution < -0.4 is 4.74 Å². The number of hydrogen-bond acceptors (Lipinski definition) is 4. The van der Waals surface area contributed by atoms with E-state index in [1.807, 2.05) is 11.5 Å². The highest BCUT2D eigenvalue weighted by molar-refractivity contribution is 6.31. The third-order valence-corrected chi connectivity index (χ3v) is 4.79. The minimum Gasteiger partial charge on any atom is -0.475 e. The summed E-state index contributed by atoms with van der Waals surface area (Å²) in [5.41, 5.74) is 0.284. The maximum atomic E-state index is 13.5. The van der Waals surface area contributed by atoms with Crippen molar-refractivity contribution in [1.82, 2.24) is 9.55 Å². The van der Waals surface area contributed by atoms with Gasteiger partial charge >= 0.3 is 12.1 Å². The first-order chi connectivity index (χ1) is 13.7. The van der Waals surface area contributed by atoms with E-state index in [1.165, 1.54) is 19.1 Å². The van der Waals surface area contributed by atoms with Gasteiger partial charge in [-0.25, -0.2) is 9.78 Å². The van der Waals surface area contributed by atoms with E-state index in [0.29, 0.717) is 22.7 Å². The number of fused-ring (bicyclic) bond motifs is 1. The number of esters is 1. The summed E-state index contributed by atoms with van der Waals surface area (Å²) in [5, 5.41) is 0.355. The first-order valence-electron chi connectivity index (χ1n) is 9.19. The summed E-state index contributed by atoms with van der Waals surface area (Å²) in [6, 6.07) is 2.97. The van der Waals surface area contributed by atoms with Crippen molar-refractivity contribution in [3.63, 3.8) is 0 Å². The molecule has 2 heterocycles. The van der Waals surface area contributed by atoms with Gasteiger partial charge in [0.1, 0.15) is 11.6 Å². The van der Waals surface area contributed by atoms with Gasteiger partial charge in [-0.2, -0.15) is 13.2 Å². The molecule has 1 aliphatic rings. The topological polar surface area (TPSA) is 53.4 Å². The summed E-state index contributed by atoms with van der Waals surface area (Å²) >= 11 is 6.37. The summed E-state index contributed by atoms with van der Waals surface area (Å²) in [7, 11) is 0. The molecule has 0 fully saturated rings. The number of halogens is 4. The van der Waals surface area contributed by atoms with Crippen LogP contribution in [-0.2, 0) is 22.5 Å². The van der Waals surface area contributed by atoms with Gasteiger partial charge in [-0.1, -0.05) is 18.5 Å². The zero-order valence-electron chi connectivity index (χ0n) is 15.9. The average molecular weight is 429 g/mol. The molecule has 1 atom stereocenters. The first-order valence-corrected chi connectivity index (χ1v) is 9.56. The van der Waals surface area contributed by atoms with Crippen LogP contribution in [0.1, 0.15) is 37.2 Å². The number of aromatic nitrogens is 2. The van der Waals surface area contributed by atoms with Crippen molar-refractivity contribution in [1.29, 1.82) is 0 Å². The van der Waals surface area contributed by atoms with E-state index < -0.39 is 23.8 Å². The Balaban J connectivity index is 1.98. The lowest BCUT2D eigenvalue weighted by molar-refractivity contribution is -0.187. The summed E-state index contributed by atoms with van der Waals surface area (Å²) in [4.78, 5) is 16.3. The van der Waals surface area contributed by atoms with Gasteiger partial charge in [0.15, 0.2) is 0 Å². The zero-order chi connectivity index (χ0) is 21.2. The Hall–Kier alpha value is -2.48. The quantitative estimate of drug-likeness (QED) is 0.620. The van der Waals surface area contributed by atoms with Gasteiger partial charge < -0.3 is 14.0 Å². The average Bonchev–Trinajstić information content (AvgIpc) is 3.08. The van der Waals surface area contributed by atoms with E-state index in [0.717, 1.165) is 24.7 Å². The van der Waals surface area contributed by atoms with Crippen LogP contribution in [0.25, 0.3) is 6.08 Å². The van der Waals surface area contributed by atoms with Gasteiger partial charge in [-0.05, 0) is 37.1 Å². The van der Waals surface area contributed by atoms with Gasteiger partial charge in [0.05, 0.1) is 18.7 Å². The molecule has 0 saturated carbocycles. The van der Waals surface area contributed by atoms with Gasteiger partial charge in [0, 0.05) is 29.4 Å². The number of nitrogens with zero attached hydrogens (tertiary/aromatic N) is 2. The zero-order valence-corrected chi connectivity index (χ0v) is 16.7. The van der Waals surface area contributed by atoms with Crippen molar-refractivity contribution in [2.75, 3.05) is 6.61 Å². The Labute approximate surface area is 171 Å². The third-order valence-electron chi connectivity index (χ3n) is 4.44. The summed E-state index contributed by atoms with van der Waals surface area (Å²) in [5.74, 6) is -0.194. The van der Waals surface area contributed by atoms with E-state index in [-0.39, 0.29) is 12.4 Å². The highest BCUT2D eigenvalue weighted by Crippen LogP contribution is 2.40. The standard InChI is InChI=1S/C20H20ClF3N2O3/c1-3-5-17-25-6-7-26(17)11-13-10-16-12(9-15(13)21)8-14(19(27)28-4-2)18(29-16)20(22,23)24/h6-10,18H,3-5,11H2,1-2H3. The Morgan fingerprint density at radius 2 is 2.10 bits per heavy atom. The number of aryl methyl sites for hydroxylation is 1. The van der Waals surface area contributed by atoms with Crippen molar-refractivity contribution < 1.29 is 27.4 Å². The summed E-state index contributed by atoms with van der Waals surface area (Å²) in [6.07, 6.45) is -0.896. The van der Waals surface area contributed by atoms with Crippen molar-refractivity contribution >= 4 is 23.6 Å². The van der Waals surface area contributed by atoms with Crippen LogP contribution in [0.5, 0.6) is 5.75 Å². The van der Waals surface area contributed by atoms with E-state index in [4.69, 9.17) is 21.1 Å². The smallest absolute Gasteiger partial charge is 0.430 e. The number of benzene rings is 1. The molecule has 29 heavy (non-hydrogen) atoms. The number of carbonyl (C=O) groups is 1. The van der Waals surface area contributed by atoms with E-state index in [1.54, 1.807) is 12.4 Å². The minimum absolute atomic E-state index is 0.0110. The fourth-order valence-electron chi connectivity index (χ4n) is 3.12. The van der Waals surface area contributed by atoms with Crippen molar-refractivity contribution in [2.45, 2.75) is 45.5 Å². The SMILES string of the molecule is CCCc1nccn1Cc1cc2c(cc1Cl)C=C(C(=O)OCC)C(C(F)(F)F)O2. The lowest BCUT2D eigenvalue weighted by Crippen LogP contribution is -2.40. The second kappa shape index (κ2) is 8.49. The van der Waals surface area contributed by atoms with Crippen LogP contribution in [-0.4, -0.2) is 34.4 Å². The fraction of sp³-hybridized carbons (Fsp3) is 0.400. The van der Waals surface area contributed by atoms with Gasteiger partial charge in [0.25, 0.3) is 0 Å². The molecule has 9 heteroatoms. The molecule has 0 spiro atoms. The van der Waals surface area contributed by atoms with E-state index >= 15 is 0 Å². The van der Waals surface area contributed by atoms with E-state index in [2.05, 4.69) is 4.98 Å². The van der Waals surface area contributed by atoms with Crippen molar-refractivity contribution in [2.24, 2.45) is 0 Å². The van der Waals surface area contributed by atoms with Gasteiger partial charge in [0.2, 0.25) is 6.10 Å². The highest BCUT2D eigenvalue weighted by Gasteiger charge is 2.48. The molecule has 1 aromatic heterocycles. The summed E-state index contributed by atoms with van der Waals surface area (Å²) < 4.78 is 52.3. The monoisotopic (exact) mass is 428 g/mol. The molecular weight excluding hydrogens is 409 g/mol. The molecule has 0 bridgehead atoms. The number of carbonyl (C=O) groups excluding carboxylic acids is 1. The van der Waals surface area contributed by atoms with Crippen LogP contribution >= 0.6 is 11.6 Å². The number of hydrogen-bond donors (Lipinski definition) is 0.